The molecule has 2 N–H and O–H groups in total. The summed E-state index contributed by atoms with van der Waals surface area (Å²) >= 11 is 5.05. The van der Waals surface area contributed by atoms with Crippen molar-refractivity contribution in [2.45, 2.75) is 18.9 Å². The molecular weight excluding hydrogens is 282 g/mol. The van der Waals surface area contributed by atoms with E-state index in [0.29, 0.717) is 6.54 Å². The fourth-order valence-electron chi connectivity index (χ4n) is 1.91. The number of anilines is 1. The van der Waals surface area contributed by atoms with Crippen molar-refractivity contribution in [3.05, 3.63) is 28.3 Å². The minimum absolute atomic E-state index is 0.0871. The van der Waals surface area contributed by atoms with Crippen LogP contribution in [0, 0.1) is 10.1 Å². The molecule has 1 saturated heterocycles. The Morgan fingerprint density at radius 2 is 2.35 bits per heavy atom. The van der Waals surface area contributed by atoms with Gasteiger partial charge in [0.25, 0.3) is 5.69 Å². The highest BCUT2D eigenvalue weighted by Gasteiger charge is 2.15. The molecule has 0 spiro atoms. The molecule has 20 heavy (non-hydrogen) atoms. The smallest absolute Gasteiger partial charge is 0.271 e. The molecular formula is C12H14N3O4S-. The average molecular weight is 296 g/mol. The number of hydrogen-bond donors (Lipinski definition) is 2. The maximum atomic E-state index is 11.6. The first-order valence-electron chi connectivity index (χ1n) is 6.18. The van der Waals surface area contributed by atoms with Gasteiger partial charge < -0.3 is 20.5 Å². The molecule has 0 bridgehead atoms. The molecule has 0 aromatic heterocycles. The van der Waals surface area contributed by atoms with Gasteiger partial charge in [0.15, 0.2) is 5.11 Å². The molecule has 0 radical (unpaired) electrons. The van der Waals surface area contributed by atoms with Crippen molar-refractivity contribution in [2.75, 3.05) is 18.5 Å². The fourth-order valence-corrected chi connectivity index (χ4v) is 2.10. The van der Waals surface area contributed by atoms with Gasteiger partial charge in [-0.05, 0) is 25.1 Å². The van der Waals surface area contributed by atoms with Crippen LogP contribution in [0.3, 0.4) is 0 Å². The van der Waals surface area contributed by atoms with E-state index in [0.717, 1.165) is 31.6 Å². The van der Waals surface area contributed by atoms with Gasteiger partial charge in [-0.1, -0.05) is 11.8 Å². The summed E-state index contributed by atoms with van der Waals surface area (Å²) in [5, 5.41) is 28.1. The Balaban J connectivity index is 1.92. The van der Waals surface area contributed by atoms with Gasteiger partial charge in [0.05, 0.1) is 11.0 Å². The van der Waals surface area contributed by atoms with Crippen LogP contribution in [0.25, 0.3) is 0 Å². The van der Waals surface area contributed by atoms with Crippen LogP contribution < -0.4 is 15.7 Å². The van der Waals surface area contributed by atoms with E-state index in [9.17, 15) is 15.2 Å². The molecule has 2 rings (SSSR count). The second kappa shape index (κ2) is 6.49. The molecule has 0 amide bonds. The highest BCUT2D eigenvalue weighted by atomic mass is 32.1. The van der Waals surface area contributed by atoms with Crippen LogP contribution in [0.15, 0.2) is 18.2 Å². The Labute approximate surface area is 121 Å². The van der Waals surface area contributed by atoms with Crippen molar-refractivity contribution in [3.8, 4) is 5.75 Å². The number of non-ortho nitro benzene ring substituents is 1. The van der Waals surface area contributed by atoms with Crippen molar-refractivity contribution in [1.82, 2.24) is 5.32 Å². The summed E-state index contributed by atoms with van der Waals surface area (Å²) in [6, 6.07) is 3.47. The van der Waals surface area contributed by atoms with E-state index >= 15 is 0 Å². The molecule has 1 heterocycles. The Hall–Kier alpha value is -1.93. The Morgan fingerprint density at radius 3 is 3.00 bits per heavy atom. The lowest BCUT2D eigenvalue weighted by Crippen LogP contribution is -2.35. The van der Waals surface area contributed by atoms with Crippen molar-refractivity contribution >= 4 is 28.7 Å². The van der Waals surface area contributed by atoms with Crippen LogP contribution in [-0.2, 0) is 4.74 Å². The molecule has 0 saturated carbocycles. The van der Waals surface area contributed by atoms with Gasteiger partial charge >= 0.3 is 0 Å². The van der Waals surface area contributed by atoms with Crippen molar-refractivity contribution in [1.29, 1.82) is 0 Å². The minimum atomic E-state index is -0.562. The number of rotatable bonds is 4. The summed E-state index contributed by atoms with van der Waals surface area (Å²) in [6.45, 7) is 1.30. The second-order valence-electron chi connectivity index (χ2n) is 4.41. The molecule has 1 fully saturated rings. The molecule has 8 heteroatoms. The zero-order chi connectivity index (χ0) is 14.5. The van der Waals surface area contributed by atoms with Crippen molar-refractivity contribution in [2.24, 2.45) is 0 Å². The van der Waals surface area contributed by atoms with E-state index in [4.69, 9.17) is 17.0 Å². The van der Waals surface area contributed by atoms with Gasteiger partial charge in [0, 0.05) is 31.0 Å². The van der Waals surface area contributed by atoms with Crippen LogP contribution in [0.4, 0.5) is 11.4 Å². The van der Waals surface area contributed by atoms with Gasteiger partial charge in [-0.3, -0.25) is 10.1 Å². The zero-order valence-corrected chi connectivity index (χ0v) is 11.4. The van der Waals surface area contributed by atoms with Crippen LogP contribution in [0.2, 0.25) is 0 Å². The highest BCUT2D eigenvalue weighted by molar-refractivity contribution is 7.80. The van der Waals surface area contributed by atoms with Gasteiger partial charge in [0.1, 0.15) is 0 Å². The number of benzene rings is 1. The quantitative estimate of drug-likeness (QED) is 0.488. The fraction of sp³-hybridized carbons (Fsp3) is 0.417. The third-order valence-corrected chi connectivity index (χ3v) is 3.18. The summed E-state index contributed by atoms with van der Waals surface area (Å²) in [5.41, 5.74) is -0.0712. The second-order valence-corrected chi connectivity index (χ2v) is 4.82. The summed E-state index contributed by atoms with van der Waals surface area (Å²) in [6.07, 6.45) is 2.12. The van der Waals surface area contributed by atoms with Crippen LogP contribution in [-0.4, -0.2) is 29.3 Å². The predicted octanol–water partition coefficient (Wildman–Crippen LogP) is 1.13. The Kier molecular flexibility index (Phi) is 4.70. The third kappa shape index (κ3) is 3.78. The van der Waals surface area contributed by atoms with Gasteiger partial charge in [-0.2, -0.15) is 0 Å². The zero-order valence-electron chi connectivity index (χ0n) is 10.6. The number of nitro groups is 1. The first kappa shape index (κ1) is 14.5. The van der Waals surface area contributed by atoms with E-state index < -0.39 is 4.92 Å². The molecule has 1 atom stereocenters. The van der Waals surface area contributed by atoms with E-state index in [-0.39, 0.29) is 28.3 Å². The number of nitrogens with zero attached hydrogens (tertiary/aromatic N) is 1. The van der Waals surface area contributed by atoms with Crippen LogP contribution in [0.5, 0.6) is 5.75 Å². The monoisotopic (exact) mass is 296 g/mol. The standard InChI is InChI=1S/C12H15N3O4S/c16-11-4-3-8(15(17)18)6-10(11)14-12(20)13-7-9-2-1-5-19-9/h3-4,6,9,16H,1-2,5,7H2,(H2,13,14,20)/p-1/t9-/m0/s1. The SMILES string of the molecule is O=[N+]([O-])c1ccc([O-])c(NC(=S)NC[C@@H]2CCCO2)c1. The van der Waals surface area contributed by atoms with Crippen LogP contribution >= 0.6 is 12.2 Å². The van der Waals surface area contributed by atoms with Crippen molar-refractivity contribution in [3.63, 3.8) is 0 Å². The lowest BCUT2D eigenvalue weighted by atomic mass is 10.2. The maximum absolute atomic E-state index is 11.6. The minimum Gasteiger partial charge on any atom is -0.871 e. The Morgan fingerprint density at radius 1 is 1.55 bits per heavy atom. The first-order chi connectivity index (χ1) is 9.56. The lowest BCUT2D eigenvalue weighted by molar-refractivity contribution is -0.385. The molecule has 1 aliphatic heterocycles. The lowest BCUT2D eigenvalue weighted by Gasteiger charge is -2.17. The van der Waals surface area contributed by atoms with E-state index in [1.165, 1.54) is 6.07 Å². The van der Waals surface area contributed by atoms with Gasteiger partial charge in [0.2, 0.25) is 0 Å². The first-order valence-corrected chi connectivity index (χ1v) is 6.59. The number of ether oxygens (including phenoxy) is 1. The molecule has 7 nitrogen and oxygen atoms in total. The number of nitro benzene ring substituents is 1. The Bertz CT molecular complexity index is 517. The third-order valence-electron chi connectivity index (χ3n) is 2.94. The number of hydrogen-bond acceptors (Lipinski definition) is 5. The molecule has 1 aromatic rings. The highest BCUT2D eigenvalue weighted by Crippen LogP contribution is 2.25. The molecule has 0 unspecified atom stereocenters. The summed E-state index contributed by atoms with van der Waals surface area (Å²) in [4.78, 5) is 10.1. The maximum Gasteiger partial charge on any atom is 0.271 e. The van der Waals surface area contributed by atoms with Gasteiger partial charge in [-0.25, -0.2) is 0 Å². The number of thiocarbonyl (C=S) groups is 1. The molecule has 0 aliphatic carbocycles. The number of nitrogens with one attached hydrogen (secondary N) is 2. The summed E-state index contributed by atoms with van der Waals surface area (Å²) in [5.74, 6) is -0.350. The van der Waals surface area contributed by atoms with Gasteiger partial charge in [-0.15, -0.1) is 0 Å². The average Bonchev–Trinajstić information content (AvgIpc) is 2.92. The predicted molar refractivity (Wildman–Crippen MR) is 75.7 cm³/mol. The topological polar surface area (TPSA) is 99.5 Å². The van der Waals surface area contributed by atoms with E-state index in [2.05, 4.69) is 10.6 Å². The normalized spacial score (nSPS) is 17.7. The van der Waals surface area contributed by atoms with E-state index in [1.807, 2.05) is 0 Å². The molecule has 108 valence electrons. The summed E-state index contributed by atoms with van der Waals surface area (Å²) < 4.78 is 5.43. The largest absolute Gasteiger partial charge is 0.871 e. The van der Waals surface area contributed by atoms with Crippen LogP contribution in [0.1, 0.15) is 12.8 Å². The van der Waals surface area contributed by atoms with E-state index in [1.54, 1.807) is 0 Å². The molecule has 1 aliphatic rings. The molecule has 1 aromatic carbocycles. The summed E-state index contributed by atoms with van der Waals surface area (Å²) in [7, 11) is 0. The van der Waals surface area contributed by atoms with Crippen molar-refractivity contribution < 1.29 is 14.8 Å².